The first-order valence-corrected chi connectivity index (χ1v) is 4.88. The summed E-state index contributed by atoms with van der Waals surface area (Å²) in [6.45, 7) is 2.07. The second kappa shape index (κ2) is 5.12. The maximum absolute atomic E-state index is 9.95. The Labute approximate surface area is 84.5 Å². The third kappa shape index (κ3) is 2.56. The average molecular weight is 198 g/mol. The number of aliphatic hydroxyl groups is 1. The normalized spacial score (nSPS) is 15.4. The number of methoxy groups -OCH3 is 1. The summed E-state index contributed by atoms with van der Waals surface area (Å²) in [6.07, 6.45) is 4.62. The second-order valence-electron chi connectivity index (χ2n) is 3.46. The molecular formula is C10H18N2O2. The number of ether oxygens (including phenoxy) is 1. The molecule has 0 fully saturated rings. The van der Waals surface area contributed by atoms with E-state index < -0.39 is 6.10 Å². The summed E-state index contributed by atoms with van der Waals surface area (Å²) >= 11 is 0. The largest absolute Gasteiger partial charge is 0.386 e. The third-order valence-corrected chi connectivity index (χ3v) is 2.29. The fourth-order valence-corrected chi connectivity index (χ4v) is 1.50. The van der Waals surface area contributed by atoms with Crippen molar-refractivity contribution < 1.29 is 9.84 Å². The van der Waals surface area contributed by atoms with Gasteiger partial charge < -0.3 is 9.84 Å². The average Bonchev–Trinajstić information content (AvgIpc) is 2.60. The van der Waals surface area contributed by atoms with Crippen LogP contribution in [0.15, 0.2) is 12.4 Å². The Morgan fingerprint density at radius 1 is 1.64 bits per heavy atom. The Balaban J connectivity index is 2.66. The molecule has 1 aromatic rings. The lowest BCUT2D eigenvalue weighted by Gasteiger charge is -2.19. The van der Waals surface area contributed by atoms with E-state index in [0.717, 1.165) is 18.4 Å². The van der Waals surface area contributed by atoms with E-state index in [0.29, 0.717) is 0 Å². The van der Waals surface area contributed by atoms with Gasteiger partial charge in [-0.2, -0.15) is 5.10 Å². The van der Waals surface area contributed by atoms with E-state index in [2.05, 4.69) is 12.0 Å². The number of nitrogens with zero attached hydrogens (tertiary/aromatic N) is 2. The molecule has 0 aliphatic rings. The van der Waals surface area contributed by atoms with Crippen molar-refractivity contribution in [2.45, 2.75) is 32.0 Å². The summed E-state index contributed by atoms with van der Waals surface area (Å²) in [7, 11) is 3.46. The molecular weight excluding hydrogens is 180 g/mol. The minimum Gasteiger partial charge on any atom is -0.386 e. The molecule has 0 radical (unpaired) electrons. The Kier molecular flexibility index (Phi) is 4.10. The Morgan fingerprint density at radius 2 is 2.36 bits per heavy atom. The lowest BCUT2D eigenvalue weighted by atomic mass is 10.0. The standard InChI is InChI=1S/C10H18N2O2/c1-4-5-9(14-3)10(13)8-6-11-12(2)7-8/h6-7,9-10,13H,4-5H2,1-3H3. The van der Waals surface area contributed by atoms with E-state index >= 15 is 0 Å². The summed E-state index contributed by atoms with van der Waals surface area (Å²) < 4.78 is 6.91. The molecule has 2 atom stereocenters. The third-order valence-electron chi connectivity index (χ3n) is 2.29. The van der Waals surface area contributed by atoms with Crippen LogP contribution in [-0.4, -0.2) is 28.1 Å². The molecule has 0 saturated carbocycles. The molecule has 0 aliphatic carbocycles. The van der Waals surface area contributed by atoms with Crippen LogP contribution in [-0.2, 0) is 11.8 Å². The maximum Gasteiger partial charge on any atom is 0.108 e. The van der Waals surface area contributed by atoms with Gasteiger partial charge in [-0.25, -0.2) is 0 Å². The lowest BCUT2D eigenvalue weighted by Crippen LogP contribution is -2.20. The number of aryl methyl sites for hydroxylation is 1. The molecule has 0 amide bonds. The summed E-state index contributed by atoms with van der Waals surface area (Å²) in [4.78, 5) is 0. The number of hydrogen-bond donors (Lipinski definition) is 1. The van der Waals surface area contributed by atoms with Crippen molar-refractivity contribution in [2.24, 2.45) is 7.05 Å². The van der Waals surface area contributed by atoms with Gasteiger partial charge in [-0.1, -0.05) is 13.3 Å². The van der Waals surface area contributed by atoms with Crippen molar-refractivity contribution >= 4 is 0 Å². The van der Waals surface area contributed by atoms with Crippen LogP contribution in [0.5, 0.6) is 0 Å². The number of rotatable bonds is 5. The van der Waals surface area contributed by atoms with Crippen LogP contribution in [0.3, 0.4) is 0 Å². The molecule has 4 heteroatoms. The van der Waals surface area contributed by atoms with Crippen LogP contribution in [0, 0.1) is 0 Å². The quantitative estimate of drug-likeness (QED) is 0.775. The predicted octanol–water partition coefficient (Wildman–Crippen LogP) is 1.27. The number of aliphatic hydroxyl groups excluding tert-OH is 1. The van der Waals surface area contributed by atoms with Gasteiger partial charge in [0, 0.05) is 25.9 Å². The topological polar surface area (TPSA) is 47.3 Å². The fraction of sp³-hybridized carbons (Fsp3) is 0.700. The van der Waals surface area contributed by atoms with E-state index in [1.165, 1.54) is 0 Å². The van der Waals surface area contributed by atoms with Crippen molar-refractivity contribution in [1.82, 2.24) is 9.78 Å². The minimum atomic E-state index is -0.575. The zero-order valence-corrected chi connectivity index (χ0v) is 8.97. The molecule has 1 N–H and O–H groups in total. The van der Waals surface area contributed by atoms with Crippen LogP contribution >= 0.6 is 0 Å². The molecule has 4 nitrogen and oxygen atoms in total. The van der Waals surface area contributed by atoms with Crippen molar-refractivity contribution in [3.63, 3.8) is 0 Å². The van der Waals surface area contributed by atoms with Crippen molar-refractivity contribution in [3.8, 4) is 0 Å². The van der Waals surface area contributed by atoms with E-state index in [9.17, 15) is 5.11 Å². The lowest BCUT2D eigenvalue weighted by molar-refractivity contribution is -0.0180. The van der Waals surface area contributed by atoms with Crippen LogP contribution in [0.25, 0.3) is 0 Å². The molecule has 80 valence electrons. The molecule has 1 rings (SSSR count). The number of hydrogen-bond acceptors (Lipinski definition) is 3. The van der Waals surface area contributed by atoms with Crippen molar-refractivity contribution in [2.75, 3.05) is 7.11 Å². The van der Waals surface area contributed by atoms with E-state index in [4.69, 9.17) is 4.74 Å². The van der Waals surface area contributed by atoms with Gasteiger partial charge in [0.25, 0.3) is 0 Å². The fourth-order valence-electron chi connectivity index (χ4n) is 1.50. The molecule has 2 unspecified atom stereocenters. The minimum absolute atomic E-state index is 0.135. The van der Waals surface area contributed by atoms with Gasteiger partial charge in [0.2, 0.25) is 0 Å². The van der Waals surface area contributed by atoms with Gasteiger partial charge in [-0.05, 0) is 6.42 Å². The predicted molar refractivity (Wildman–Crippen MR) is 53.9 cm³/mol. The zero-order valence-electron chi connectivity index (χ0n) is 8.97. The molecule has 14 heavy (non-hydrogen) atoms. The molecule has 1 aromatic heterocycles. The summed E-state index contributed by atoms with van der Waals surface area (Å²) in [6, 6.07) is 0. The van der Waals surface area contributed by atoms with Gasteiger partial charge >= 0.3 is 0 Å². The van der Waals surface area contributed by atoms with E-state index in [1.54, 1.807) is 18.0 Å². The Bertz CT molecular complexity index is 273. The van der Waals surface area contributed by atoms with Gasteiger partial charge in [0.15, 0.2) is 0 Å². The zero-order chi connectivity index (χ0) is 10.6. The van der Waals surface area contributed by atoms with Gasteiger partial charge in [0.1, 0.15) is 6.10 Å². The monoisotopic (exact) mass is 198 g/mol. The van der Waals surface area contributed by atoms with E-state index in [-0.39, 0.29) is 6.10 Å². The highest BCUT2D eigenvalue weighted by atomic mass is 16.5. The van der Waals surface area contributed by atoms with Crippen LogP contribution in [0.4, 0.5) is 0 Å². The van der Waals surface area contributed by atoms with Crippen LogP contribution < -0.4 is 0 Å². The molecule has 1 heterocycles. The van der Waals surface area contributed by atoms with Crippen molar-refractivity contribution in [3.05, 3.63) is 18.0 Å². The molecule has 0 aromatic carbocycles. The Morgan fingerprint density at radius 3 is 2.79 bits per heavy atom. The highest BCUT2D eigenvalue weighted by molar-refractivity contribution is 5.09. The Hall–Kier alpha value is -0.870. The van der Waals surface area contributed by atoms with E-state index in [1.807, 2.05) is 13.2 Å². The highest BCUT2D eigenvalue weighted by Gasteiger charge is 2.20. The summed E-state index contributed by atoms with van der Waals surface area (Å²) in [5, 5.41) is 14.0. The highest BCUT2D eigenvalue weighted by Crippen LogP contribution is 2.21. The summed E-state index contributed by atoms with van der Waals surface area (Å²) in [5.74, 6) is 0. The summed E-state index contributed by atoms with van der Waals surface area (Å²) in [5.41, 5.74) is 0.813. The smallest absolute Gasteiger partial charge is 0.108 e. The van der Waals surface area contributed by atoms with Crippen LogP contribution in [0.1, 0.15) is 31.4 Å². The molecule has 0 saturated heterocycles. The molecule has 0 bridgehead atoms. The van der Waals surface area contributed by atoms with Gasteiger partial charge in [-0.3, -0.25) is 4.68 Å². The van der Waals surface area contributed by atoms with Gasteiger partial charge in [0.05, 0.1) is 12.3 Å². The first-order valence-electron chi connectivity index (χ1n) is 4.88. The molecule has 0 aliphatic heterocycles. The molecule has 0 spiro atoms. The first-order chi connectivity index (χ1) is 6.69. The number of aromatic nitrogens is 2. The SMILES string of the molecule is CCCC(OC)C(O)c1cnn(C)c1. The second-order valence-corrected chi connectivity index (χ2v) is 3.46. The maximum atomic E-state index is 9.95. The first kappa shape index (κ1) is 11.2. The van der Waals surface area contributed by atoms with Crippen molar-refractivity contribution in [1.29, 1.82) is 0 Å². The van der Waals surface area contributed by atoms with Gasteiger partial charge in [-0.15, -0.1) is 0 Å². The van der Waals surface area contributed by atoms with Crippen LogP contribution in [0.2, 0.25) is 0 Å².